The van der Waals surface area contributed by atoms with E-state index in [1.807, 2.05) is 18.3 Å². The molecule has 1 saturated heterocycles. The average Bonchev–Trinajstić information content (AvgIpc) is 2.97. The number of nitrogens with zero attached hydrogens (tertiary/aromatic N) is 3. The van der Waals surface area contributed by atoms with E-state index in [0.29, 0.717) is 6.04 Å². The molecule has 1 aliphatic rings. The number of piperazine rings is 1. The first-order valence-electron chi connectivity index (χ1n) is 6.82. The maximum Gasteiger partial charge on any atom is 0.0713 e. The van der Waals surface area contributed by atoms with E-state index < -0.39 is 0 Å². The van der Waals surface area contributed by atoms with Crippen molar-refractivity contribution in [1.29, 1.82) is 0 Å². The standard InChI is InChI=1S/C15H18ClN3S/c1-18-8-10-19(11-9-18)15(14-6-7-17-20-14)12-2-4-13(16)5-3-12/h2-7,15H,8-11H2,1H3. The molecule has 3 nitrogen and oxygen atoms in total. The summed E-state index contributed by atoms with van der Waals surface area (Å²) in [5, 5.41) is 0.787. The molecule has 0 N–H and O–H groups in total. The molecule has 1 atom stereocenters. The molecule has 1 unspecified atom stereocenters. The van der Waals surface area contributed by atoms with E-state index in [1.165, 1.54) is 10.4 Å². The molecule has 1 aromatic carbocycles. The summed E-state index contributed by atoms with van der Waals surface area (Å²) in [5.41, 5.74) is 1.29. The molecule has 0 aliphatic carbocycles. The highest BCUT2D eigenvalue weighted by Gasteiger charge is 2.26. The second-order valence-electron chi connectivity index (χ2n) is 5.21. The van der Waals surface area contributed by atoms with Gasteiger partial charge in [0.25, 0.3) is 0 Å². The first-order chi connectivity index (χ1) is 9.74. The molecule has 0 saturated carbocycles. The molecule has 1 aliphatic heterocycles. The van der Waals surface area contributed by atoms with Crippen LogP contribution in [0.5, 0.6) is 0 Å². The summed E-state index contributed by atoms with van der Waals surface area (Å²) < 4.78 is 4.27. The minimum absolute atomic E-state index is 0.300. The lowest BCUT2D eigenvalue weighted by Crippen LogP contribution is -2.46. The second kappa shape index (κ2) is 6.22. The molecule has 1 fully saturated rings. The minimum Gasteiger partial charge on any atom is -0.304 e. The average molecular weight is 308 g/mol. The van der Waals surface area contributed by atoms with Crippen molar-refractivity contribution in [2.24, 2.45) is 0 Å². The Balaban J connectivity index is 1.90. The third-order valence-electron chi connectivity index (χ3n) is 3.82. The van der Waals surface area contributed by atoms with Gasteiger partial charge in [0.05, 0.1) is 6.04 Å². The topological polar surface area (TPSA) is 19.4 Å². The van der Waals surface area contributed by atoms with Crippen LogP contribution in [0.15, 0.2) is 36.5 Å². The summed E-state index contributed by atoms with van der Waals surface area (Å²) in [4.78, 5) is 6.22. The van der Waals surface area contributed by atoms with Crippen molar-refractivity contribution in [3.05, 3.63) is 52.0 Å². The van der Waals surface area contributed by atoms with E-state index >= 15 is 0 Å². The van der Waals surface area contributed by atoms with Crippen molar-refractivity contribution in [3.8, 4) is 0 Å². The molecule has 0 amide bonds. The zero-order chi connectivity index (χ0) is 13.9. The molecule has 0 spiro atoms. The van der Waals surface area contributed by atoms with Crippen LogP contribution in [0.1, 0.15) is 16.5 Å². The summed E-state index contributed by atoms with van der Waals surface area (Å²) >= 11 is 7.60. The largest absolute Gasteiger partial charge is 0.304 e. The summed E-state index contributed by atoms with van der Waals surface area (Å²) in [6.45, 7) is 4.40. The number of hydrogen-bond donors (Lipinski definition) is 0. The van der Waals surface area contributed by atoms with Gasteiger partial charge in [0.2, 0.25) is 0 Å². The number of likely N-dealkylation sites (N-methyl/N-ethyl adjacent to an activating group) is 1. The van der Waals surface area contributed by atoms with Gasteiger partial charge < -0.3 is 4.90 Å². The fourth-order valence-corrected chi connectivity index (χ4v) is 3.52. The summed E-state index contributed by atoms with van der Waals surface area (Å²) in [6.07, 6.45) is 1.89. The number of benzene rings is 1. The fourth-order valence-electron chi connectivity index (χ4n) is 2.65. The van der Waals surface area contributed by atoms with Gasteiger partial charge in [-0.1, -0.05) is 23.7 Å². The van der Waals surface area contributed by atoms with Gasteiger partial charge in [-0.05, 0) is 42.3 Å². The van der Waals surface area contributed by atoms with Crippen LogP contribution in [0.25, 0.3) is 0 Å². The van der Waals surface area contributed by atoms with E-state index in [-0.39, 0.29) is 0 Å². The molecule has 2 heterocycles. The molecule has 0 bridgehead atoms. The Labute approximate surface area is 128 Å². The van der Waals surface area contributed by atoms with Crippen LogP contribution in [0.2, 0.25) is 5.02 Å². The van der Waals surface area contributed by atoms with E-state index in [4.69, 9.17) is 11.6 Å². The van der Waals surface area contributed by atoms with Crippen LogP contribution in [0.4, 0.5) is 0 Å². The predicted molar refractivity (Wildman–Crippen MR) is 84.5 cm³/mol. The predicted octanol–water partition coefficient (Wildman–Crippen LogP) is 3.13. The molecule has 2 aromatic rings. The van der Waals surface area contributed by atoms with Gasteiger partial charge in [-0.2, -0.15) is 0 Å². The van der Waals surface area contributed by atoms with Crippen LogP contribution in [-0.4, -0.2) is 47.4 Å². The fraction of sp³-hybridized carbons (Fsp3) is 0.400. The molecule has 1 aromatic heterocycles. The number of rotatable bonds is 3. The van der Waals surface area contributed by atoms with Crippen molar-refractivity contribution < 1.29 is 0 Å². The Kier molecular flexibility index (Phi) is 4.36. The van der Waals surface area contributed by atoms with Crippen LogP contribution < -0.4 is 0 Å². The second-order valence-corrected chi connectivity index (χ2v) is 6.51. The zero-order valence-corrected chi connectivity index (χ0v) is 13.1. The summed E-state index contributed by atoms with van der Waals surface area (Å²) in [7, 11) is 2.18. The highest BCUT2D eigenvalue weighted by atomic mass is 35.5. The summed E-state index contributed by atoms with van der Waals surface area (Å²) in [5.74, 6) is 0. The van der Waals surface area contributed by atoms with Crippen LogP contribution in [0.3, 0.4) is 0 Å². The van der Waals surface area contributed by atoms with Gasteiger partial charge in [-0.25, -0.2) is 4.37 Å². The van der Waals surface area contributed by atoms with E-state index in [9.17, 15) is 0 Å². The van der Waals surface area contributed by atoms with Gasteiger partial charge in [0, 0.05) is 42.3 Å². The van der Waals surface area contributed by atoms with Crippen LogP contribution in [-0.2, 0) is 0 Å². The Bertz CT molecular complexity index is 533. The number of aromatic nitrogens is 1. The Morgan fingerprint density at radius 2 is 1.80 bits per heavy atom. The van der Waals surface area contributed by atoms with Gasteiger partial charge in [-0.15, -0.1) is 0 Å². The van der Waals surface area contributed by atoms with E-state index in [0.717, 1.165) is 31.2 Å². The first kappa shape index (κ1) is 14.0. The van der Waals surface area contributed by atoms with Crippen molar-refractivity contribution in [2.75, 3.05) is 33.2 Å². The normalized spacial score (nSPS) is 19.1. The highest BCUT2D eigenvalue weighted by Crippen LogP contribution is 2.32. The Morgan fingerprint density at radius 3 is 2.40 bits per heavy atom. The molecular formula is C15H18ClN3S. The smallest absolute Gasteiger partial charge is 0.0713 e. The third kappa shape index (κ3) is 3.04. The molecule has 3 rings (SSSR count). The van der Waals surface area contributed by atoms with Gasteiger partial charge in [-0.3, -0.25) is 4.90 Å². The van der Waals surface area contributed by atoms with E-state index in [2.05, 4.69) is 39.4 Å². The molecular weight excluding hydrogens is 290 g/mol. The van der Waals surface area contributed by atoms with Gasteiger partial charge >= 0.3 is 0 Å². The lowest BCUT2D eigenvalue weighted by Gasteiger charge is -2.37. The monoisotopic (exact) mass is 307 g/mol. The van der Waals surface area contributed by atoms with Crippen LogP contribution in [0, 0.1) is 0 Å². The number of halogens is 1. The Hall–Kier alpha value is -0.940. The van der Waals surface area contributed by atoms with Gasteiger partial charge in [0.15, 0.2) is 0 Å². The highest BCUT2D eigenvalue weighted by molar-refractivity contribution is 7.05. The Morgan fingerprint density at radius 1 is 1.10 bits per heavy atom. The van der Waals surface area contributed by atoms with Crippen LogP contribution >= 0.6 is 23.1 Å². The third-order valence-corrected chi connectivity index (χ3v) is 4.87. The van der Waals surface area contributed by atoms with Crippen molar-refractivity contribution in [1.82, 2.24) is 14.2 Å². The maximum absolute atomic E-state index is 6.02. The van der Waals surface area contributed by atoms with E-state index in [1.54, 1.807) is 11.5 Å². The maximum atomic E-state index is 6.02. The minimum atomic E-state index is 0.300. The number of hydrogen-bond acceptors (Lipinski definition) is 4. The first-order valence-corrected chi connectivity index (χ1v) is 7.98. The quantitative estimate of drug-likeness (QED) is 0.868. The van der Waals surface area contributed by atoms with Crippen molar-refractivity contribution in [2.45, 2.75) is 6.04 Å². The zero-order valence-electron chi connectivity index (χ0n) is 11.5. The van der Waals surface area contributed by atoms with Gasteiger partial charge in [0.1, 0.15) is 0 Å². The molecule has 20 heavy (non-hydrogen) atoms. The molecule has 5 heteroatoms. The molecule has 0 radical (unpaired) electrons. The molecule has 106 valence electrons. The van der Waals surface area contributed by atoms with Crippen molar-refractivity contribution in [3.63, 3.8) is 0 Å². The lowest BCUT2D eigenvalue weighted by atomic mass is 10.0. The van der Waals surface area contributed by atoms with Crippen molar-refractivity contribution >= 4 is 23.1 Å². The SMILES string of the molecule is CN1CCN(C(c2ccc(Cl)cc2)c2ccns2)CC1. The summed E-state index contributed by atoms with van der Waals surface area (Å²) in [6, 6.07) is 10.6. The lowest BCUT2D eigenvalue weighted by molar-refractivity contribution is 0.128.